The first-order valence-corrected chi connectivity index (χ1v) is 11.1. The second kappa shape index (κ2) is 10.3. The summed E-state index contributed by atoms with van der Waals surface area (Å²) in [5.41, 5.74) is 3.22. The molecule has 0 unspecified atom stereocenters. The Morgan fingerprint density at radius 2 is 1.68 bits per heavy atom. The van der Waals surface area contributed by atoms with Crippen molar-refractivity contribution in [3.63, 3.8) is 0 Å². The zero-order valence-electron chi connectivity index (χ0n) is 17.6. The molecule has 7 heteroatoms. The van der Waals surface area contributed by atoms with Crippen molar-refractivity contribution >= 4 is 23.4 Å². The topological polar surface area (TPSA) is 61.9 Å². The molecule has 1 N–H and O–H groups in total. The summed E-state index contributed by atoms with van der Waals surface area (Å²) in [4.78, 5) is 29.3. The summed E-state index contributed by atoms with van der Waals surface area (Å²) >= 11 is 6.22. The van der Waals surface area contributed by atoms with Gasteiger partial charge >= 0.3 is 0 Å². The minimum Gasteiger partial charge on any atom is -0.379 e. The molecule has 1 atom stereocenters. The molecule has 2 aromatic carbocycles. The van der Waals surface area contributed by atoms with Crippen molar-refractivity contribution in [2.24, 2.45) is 5.92 Å². The van der Waals surface area contributed by atoms with E-state index in [0.717, 1.165) is 44.0 Å². The van der Waals surface area contributed by atoms with Crippen LogP contribution in [0.1, 0.15) is 23.1 Å². The molecular weight excluding hydrogens is 414 g/mol. The van der Waals surface area contributed by atoms with Gasteiger partial charge in [-0.25, -0.2) is 0 Å². The molecule has 2 amide bonds. The Bertz CT molecular complexity index is 930. The predicted octanol–water partition coefficient (Wildman–Crippen LogP) is 2.84. The van der Waals surface area contributed by atoms with Gasteiger partial charge in [0.2, 0.25) is 11.8 Å². The summed E-state index contributed by atoms with van der Waals surface area (Å²) in [5.74, 6) is -0.412. The van der Waals surface area contributed by atoms with E-state index in [1.54, 1.807) is 4.90 Å². The van der Waals surface area contributed by atoms with Crippen molar-refractivity contribution in [1.29, 1.82) is 0 Å². The van der Waals surface area contributed by atoms with Gasteiger partial charge in [0.1, 0.15) is 0 Å². The number of ether oxygens (including phenoxy) is 1. The van der Waals surface area contributed by atoms with E-state index in [9.17, 15) is 9.59 Å². The minimum atomic E-state index is -0.332. The average Bonchev–Trinajstić information content (AvgIpc) is 3.15. The van der Waals surface area contributed by atoms with Crippen molar-refractivity contribution in [2.75, 3.05) is 32.8 Å². The molecule has 2 aliphatic rings. The van der Waals surface area contributed by atoms with Gasteiger partial charge in [-0.1, -0.05) is 54.1 Å². The summed E-state index contributed by atoms with van der Waals surface area (Å²) in [5, 5.41) is 3.69. The number of hydrogen-bond donors (Lipinski definition) is 1. The maximum atomic E-state index is 12.8. The molecular formula is C24H28ClN3O3. The third-order valence-corrected chi connectivity index (χ3v) is 6.34. The fraction of sp³-hybridized carbons (Fsp3) is 0.417. The summed E-state index contributed by atoms with van der Waals surface area (Å²) in [6.07, 6.45) is 0.242. The van der Waals surface area contributed by atoms with Gasteiger partial charge in [0.05, 0.1) is 19.1 Å². The number of nitrogens with zero attached hydrogens (tertiary/aromatic N) is 2. The number of carbonyl (C=O) groups excluding carboxylic acids is 2. The standard InChI is InChI=1S/C24H28ClN3O3/c25-22-8-4-3-7-20(22)16-28-17-21(13-23(28)29)24(30)26-14-18-5-1-2-6-19(18)15-27-9-11-31-12-10-27/h1-8,21H,9-17H2,(H,26,30)/t21-/m1/s1. The van der Waals surface area contributed by atoms with Crippen molar-refractivity contribution < 1.29 is 14.3 Å². The molecule has 0 aliphatic carbocycles. The highest BCUT2D eigenvalue weighted by atomic mass is 35.5. The van der Waals surface area contributed by atoms with Crippen molar-refractivity contribution in [3.05, 3.63) is 70.2 Å². The lowest BCUT2D eigenvalue weighted by Crippen LogP contribution is -2.36. The molecule has 0 saturated carbocycles. The molecule has 2 heterocycles. The van der Waals surface area contributed by atoms with Crippen LogP contribution in [0.4, 0.5) is 0 Å². The number of nitrogens with one attached hydrogen (secondary N) is 1. The molecule has 2 fully saturated rings. The highest BCUT2D eigenvalue weighted by molar-refractivity contribution is 6.31. The maximum Gasteiger partial charge on any atom is 0.225 e. The van der Waals surface area contributed by atoms with E-state index in [1.807, 2.05) is 36.4 Å². The lowest BCUT2D eigenvalue weighted by atomic mass is 10.1. The van der Waals surface area contributed by atoms with Gasteiger partial charge in [0, 0.05) is 50.7 Å². The molecule has 31 heavy (non-hydrogen) atoms. The Kier molecular flexibility index (Phi) is 7.22. The fourth-order valence-corrected chi connectivity index (χ4v) is 4.34. The van der Waals surface area contributed by atoms with Gasteiger partial charge in [0.15, 0.2) is 0 Å². The number of carbonyl (C=O) groups is 2. The van der Waals surface area contributed by atoms with Gasteiger partial charge < -0.3 is 15.0 Å². The third kappa shape index (κ3) is 5.64. The number of halogens is 1. The van der Waals surface area contributed by atoms with Crippen LogP contribution < -0.4 is 5.32 Å². The number of amides is 2. The number of rotatable bonds is 7. The minimum absolute atomic E-state index is 0.00668. The van der Waals surface area contributed by atoms with E-state index in [1.165, 1.54) is 5.56 Å². The Morgan fingerprint density at radius 3 is 2.42 bits per heavy atom. The number of benzene rings is 2. The van der Waals surface area contributed by atoms with E-state index >= 15 is 0 Å². The number of likely N-dealkylation sites (tertiary alicyclic amines) is 1. The molecule has 2 aromatic rings. The second-order valence-electron chi connectivity index (χ2n) is 8.14. The van der Waals surface area contributed by atoms with E-state index in [2.05, 4.69) is 22.3 Å². The number of morpholine rings is 1. The second-order valence-corrected chi connectivity index (χ2v) is 8.55. The molecule has 0 aromatic heterocycles. The van der Waals surface area contributed by atoms with Crippen molar-refractivity contribution in [2.45, 2.75) is 26.1 Å². The molecule has 6 nitrogen and oxygen atoms in total. The maximum absolute atomic E-state index is 12.8. The molecule has 164 valence electrons. The zero-order valence-corrected chi connectivity index (χ0v) is 18.3. The van der Waals surface area contributed by atoms with E-state index in [0.29, 0.717) is 24.7 Å². The molecule has 0 bridgehead atoms. The van der Waals surface area contributed by atoms with Crippen molar-refractivity contribution in [3.8, 4) is 0 Å². The van der Waals surface area contributed by atoms with Crippen LogP contribution >= 0.6 is 11.6 Å². The lowest BCUT2D eigenvalue weighted by Gasteiger charge is -2.27. The average molecular weight is 442 g/mol. The third-order valence-electron chi connectivity index (χ3n) is 5.97. The molecule has 4 rings (SSSR count). The normalized spacial score (nSPS) is 19.6. The van der Waals surface area contributed by atoms with Gasteiger partial charge in [-0.3, -0.25) is 14.5 Å². The Labute approximate surface area is 188 Å². The summed E-state index contributed by atoms with van der Waals surface area (Å²) < 4.78 is 5.43. The van der Waals surface area contributed by atoms with Crippen LogP contribution in [0.15, 0.2) is 48.5 Å². The highest BCUT2D eigenvalue weighted by Gasteiger charge is 2.34. The van der Waals surface area contributed by atoms with E-state index in [-0.39, 0.29) is 24.2 Å². The van der Waals surface area contributed by atoms with Gasteiger partial charge in [-0.05, 0) is 22.8 Å². The Balaban J connectivity index is 1.32. The molecule has 0 radical (unpaired) electrons. The van der Waals surface area contributed by atoms with Crippen LogP contribution in [0.5, 0.6) is 0 Å². The summed E-state index contributed by atoms with van der Waals surface area (Å²) in [6.45, 7) is 5.55. The quantitative estimate of drug-likeness (QED) is 0.717. The van der Waals surface area contributed by atoms with Crippen LogP contribution in [-0.2, 0) is 34.0 Å². The first-order chi connectivity index (χ1) is 15.1. The first kappa shape index (κ1) is 21.8. The van der Waals surface area contributed by atoms with E-state index < -0.39 is 0 Å². The van der Waals surface area contributed by atoms with Crippen LogP contribution in [0.25, 0.3) is 0 Å². The summed E-state index contributed by atoms with van der Waals surface area (Å²) in [6, 6.07) is 15.7. The Hall–Kier alpha value is -2.41. The molecule has 0 spiro atoms. The molecule has 2 aliphatic heterocycles. The van der Waals surface area contributed by atoms with Crippen LogP contribution in [-0.4, -0.2) is 54.5 Å². The monoisotopic (exact) mass is 441 g/mol. The highest BCUT2D eigenvalue weighted by Crippen LogP contribution is 2.24. The molecule has 2 saturated heterocycles. The Morgan fingerprint density at radius 1 is 1.00 bits per heavy atom. The van der Waals surface area contributed by atoms with Gasteiger partial charge in [0.25, 0.3) is 0 Å². The van der Waals surface area contributed by atoms with Crippen LogP contribution in [0, 0.1) is 5.92 Å². The largest absolute Gasteiger partial charge is 0.379 e. The number of hydrogen-bond acceptors (Lipinski definition) is 4. The lowest BCUT2D eigenvalue weighted by molar-refractivity contribution is -0.129. The predicted molar refractivity (Wildman–Crippen MR) is 119 cm³/mol. The van der Waals surface area contributed by atoms with E-state index in [4.69, 9.17) is 16.3 Å². The fourth-order valence-electron chi connectivity index (χ4n) is 4.14. The first-order valence-electron chi connectivity index (χ1n) is 10.8. The zero-order chi connectivity index (χ0) is 21.6. The van der Waals surface area contributed by atoms with Crippen LogP contribution in [0.3, 0.4) is 0 Å². The van der Waals surface area contributed by atoms with Gasteiger partial charge in [-0.2, -0.15) is 0 Å². The van der Waals surface area contributed by atoms with Gasteiger partial charge in [-0.15, -0.1) is 0 Å². The van der Waals surface area contributed by atoms with Crippen LogP contribution in [0.2, 0.25) is 5.02 Å². The smallest absolute Gasteiger partial charge is 0.225 e. The SMILES string of the molecule is O=C(NCc1ccccc1CN1CCOCC1)[C@@H]1CC(=O)N(Cc2ccccc2Cl)C1. The van der Waals surface area contributed by atoms with Crippen molar-refractivity contribution in [1.82, 2.24) is 15.1 Å². The summed E-state index contributed by atoms with van der Waals surface area (Å²) in [7, 11) is 0.